The van der Waals surface area contributed by atoms with Gasteiger partial charge in [-0.3, -0.25) is 0 Å². The number of rotatable bonds is 15. The molecule has 0 aromatic heterocycles. The largest absolute Gasteiger partial charge is 0.438 e. The molecule has 0 bridgehead atoms. The van der Waals surface area contributed by atoms with Gasteiger partial charge in [0.2, 0.25) is 4.91 Å². The van der Waals surface area contributed by atoms with E-state index in [0.29, 0.717) is 45.8 Å². The van der Waals surface area contributed by atoms with Gasteiger partial charge in [-0.15, -0.1) is 0 Å². The zero-order valence-corrected chi connectivity index (χ0v) is 25.4. The SMILES string of the molecule is CN1C(=O)OC2(C)COC(OC3C(N)CC(N)C(OC4OC(CN)CCC4N)C3O)C(OCCOCCOCCN=[N+]=N)C12. The topological polar surface area (TPSA) is 269 Å². The maximum atomic E-state index is 12.5. The lowest BCUT2D eigenvalue weighted by molar-refractivity contribution is -0.310. The fourth-order valence-electron chi connectivity index (χ4n) is 6.16. The van der Waals surface area contributed by atoms with Crippen LogP contribution in [0.2, 0.25) is 0 Å². The molecule has 1 aliphatic carbocycles. The highest BCUT2D eigenvalue weighted by atomic mass is 16.7. The van der Waals surface area contributed by atoms with Crippen LogP contribution in [0.1, 0.15) is 26.2 Å². The summed E-state index contributed by atoms with van der Waals surface area (Å²) in [4.78, 5) is 16.9. The summed E-state index contributed by atoms with van der Waals surface area (Å²) in [5.74, 6) is 0. The van der Waals surface area contributed by atoms with E-state index in [9.17, 15) is 9.90 Å². The molecule has 18 nitrogen and oxygen atoms in total. The highest BCUT2D eigenvalue weighted by Crippen LogP contribution is 2.39. The van der Waals surface area contributed by atoms with E-state index in [1.165, 1.54) is 4.90 Å². The molecule has 3 saturated heterocycles. The Hall–Kier alpha value is -1.90. The van der Waals surface area contributed by atoms with E-state index >= 15 is 0 Å². The highest BCUT2D eigenvalue weighted by molar-refractivity contribution is 5.71. The van der Waals surface area contributed by atoms with Gasteiger partial charge in [0.1, 0.15) is 47.6 Å². The fraction of sp³-hybridized carbons (Fsp3) is 0.962. The predicted molar refractivity (Wildman–Crippen MR) is 151 cm³/mol. The minimum Gasteiger partial charge on any atom is -0.438 e. The van der Waals surface area contributed by atoms with E-state index in [1.807, 2.05) is 0 Å². The average Bonchev–Trinajstić information content (AvgIpc) is 3.23. The highest BCUT2D eigenvalue weighted by Gasteiger charge is 2.60. The Morgan fingerprint density at radius 1 is 1.02 bits per heavy atom. The van der Waals surface area contributed by atoms with Gasteiger partial charge in [0.15, 0.2) is 18.2 Å². The van der Waals surface area contributed by atoms with Gasteiger partial charge in [0.25, 0.3) is 0 Å². The van der Waals surface area contributed by atoms with Crippen LogP contribution in [0, 0.1) is 5.53 Å². The second-order valence-electron chi connectivity index (χ2n) is 11.8. The molecule has 1 amide bonds. The number of likely N-dealkylation sites (N-methyl/N-ethyl adjacent to an activating group) is 1. The molecule has 3 heterocycles. The van der Waals surface area contributed by atoms with Gasteiger partial charge < -0.3 is 70.8 Å². The number of amides is 1. The first-order valence-electron chi connectivity index (χ1n) is 15.1. The van der Waals surface area contributed by atoms with E-state index in [4.69, 9.17) is 66.4 Å². The molecule has 44 heavy (non-hydrogen) atoms. The molecule has 0 radical (unpaired) electrons. The Labute approximate surface area is 256 Å². The molecule has 12 atom stereocenters. The summed E-state index contributed by atoms with van der Waals surface area (Å²) in [6, 6.07) is -2.22. The number of hydrogen-bond acceptors (Lipinski definition) is 16. The van der Waals surface area contributed by atoms with Crippen molar-refractivity contribution in [3.8, 4) is 0 Å². The van der Waals surface area contributed by atoms with Gasteiger partial charge in [-0.1, -0.05) is 0 Å². The van der Waals surface area contributed by atoms with Gasteiger partial charge in [0, 0.05) is 25.7 Å². The van der Waals surface area contributed by atoms with E-state index < -0.39 is 72.9 Å². The molecule has 4 fully saturated rings. The molecule has 252 valence electrons. The number of hydrogen-bond donors (Lipinski definition) is 6. The van der Waals surface area contributed by atoms with E-state index in [-0.39, 0.29) is 32.3 Å². The van der Waals surface area contributed by atoms with Crippen molar-refractivity contribution in [3.05, 3.63) is 0 Å². The number of carbonyl (C=O) groups is 1. The number of carbonyl (C=O) groups excluding carboxylic acids is 1. The first-order valence-corrected chi connectivity index (χ1v) is 15.1. The van der Waals surface area contributed by atoms with Crippen LogP contribution in [0.4, 0.5) is 4.79 Å². The molecule has 3 aliphatic heterocycles. The quantitative estimate of drug-likeness (QED) is 0.0618. The number of ether oxygens (including phenoxy) is 8. The standard InChI is InChI=1S/C26H49N8O10/c1-26-13-40-24(21(22(26)34(2)25(36)44-26)39-10-9-38-8-7-37-6-5-32-33-31)43-20-17(30)11-16(29)19(18(20)35)42-23-15(28)4-3-14(12-27)41-23/h14-24,31,35H,3-13,27-30H2,1-2H3/q+1. The normalized spacial score (nSPS) is 40.8. The summed E-state index contributed by atoms with van der Waals surface area (Å²) in [7, 11) is 1.62. The van der Waals surface area contributed by atoms with Crippen LogP contribution in [0.25, 0.3) is 0 Å². The zero-order valence-electron chi connectivity index (χ0n) is 25.4. The van der Waals surface area contributed by atoms with Crippen molar-refractivity contribution in [1.29, 1.82) is 5.53 Å². The van der Waals surface area contributed by atoms with Crippen LogP contribution < -0.4 is 27.8 Å². The van der Waals surface area contributed by atoms with Crippen molar-refractivity contribution in [3.63, 3.8) is 0 Å². The molecule has 4 aliphatic rings. The monoisotopic (exact) mass is 633 g/mol. The van der Waals surface area contributed by atoms with Crippen LogP contribution in [-0.2, 0) is 37.9 Å². The Kier molecular flexibility index (Phi) is 12.8. The summed E-state index contributed by atoms with van der Waals surface area (Å²) >= 11 is 0. The van der Waals surface area contributed by atoms with Gasteiger partial charge in [0.05, 0.1) is 51.8 Å². The van der Waals surface area contributed by atoms with Crippen molar-refractivity contribution in [1.82, 2.24) is 9.81 Å². The third-order valence-corrected chi connectivity index (χ3v) is 8.49. The van der Waals surface area contributed by atoms with Crippen molar-refractivity contribution < 1.29 is 47.8 Å². The van der Waals surface area contributed by atoms with E-state index in [1.54, 1.807) is 14.0 Å². The second kappa shape index (κ2) is 16.1. The molecule has 0 aromatic rings. The summed E-state index contributed by atoms with van der Waals surface area (Å²) in [5, 5.41) is 15.0. The summed E-state index contributed by atoms with van der Waals surface area (Å²) in [6.45, 7) is 3.79. The van der Waals surface area contributed by atoms with Crippen molar-refractivity contribution in [2.24, 2.45) is 28.0 Å². The molecule has 0 spiro atoms. The zero-order chi connectivity index (χ0) is 31.9. The molecule has 0 aromatic carbocycles. The fourth-order valence-corrected chi connectivity index (χ4v) is 6.16. The van der Waals surface area contributed by atoms with Crippen molar-refractivity contribution in [2.75, 3.05) is 59.8 Å². The van der Waals surface area contributed by atoms with Gasteiger partial charge in [-0.05, 0) is 26.2 Å². The van der Waals surface area contributed by atoms with Crippen LogP contribution in [-0.4, -0.2) is 149 Å². The molecular weight excluding hydrogens is 584 g/mol. The molecule has 4 rings (SSSR count). The lowest BCUT2D eigenvalue weighted by atomic mass is 9.84. The number of fused-ring (bicyclic) bond motifs is 1. The summed E-state index contributed by atoms with van der Waals surface area (Å²) in [5.41, 5.74) is 30.5. The molecule has 10 N–H and O–H groups in total. The van der Waals surface area contributed by atoms with Gasteiger partial charge >= 0.3 is 6.09 Å². The number of nitrogens with two attached hydrogens (primary N) is 4. The maximum Gasteiger partial charge on any atom is 0.410 e. The molecule has 18 heteroatoms. The van der Waals surface area contributed by atoms with E-state index in [0.717, 1.165) is 0 Å². The number of nitrogens with one attached hydrogen (secondary N) is 1. The van der Waals surface area contributed by atoms with Gasteiger partial charge in [-0.2, -0.15) is 0 Å². The smallest absolute Gasteiger partial charge is 0.410 e. The van der Waals surface area contributed by atoms with Crippen molar-refractivity contribution >= 4 is 6.09 Å². The van der Waals surface area contributed by atoms with E-state index in [2.05, 4.69) is 10.0 Å². The number of aliphatic hydroxyl groups is 1. The molecule has 1 saturated carbocycles. The number of nitrogens with zero attached hydrogens (tertiary/aromatic N) is 3. The first kappa shape index (κ1) is 35.0. The van der Waals surface area contributed by atoms with Gasteiger partial charge in [-0.25, -0.2) is 4.79 Å². The van der Waals surface area contributed by atoms with Crippen LogP contribution in [0.3, 0.4) is 0 Å². The minimum absolute atomic E-state index is 0.0363. The Bertz CT molecular complexity index is 981. The third-order valence-electron chi connectivity index (χ3n) is 8.49. The maximum absolute atomic E-state index is 12.5. The number of aliphatic hydroxyl groups excluding tert-OH is 1. The van der Waals surface area contributed by atoms with Crippen LogP contribution in [0.5, 0.6) is 0 Å². The van der Waals surface area contributed by atoms with Crippen LogP contribution >= 0.6 is 0 Å². The summed E-state index contributed by atoms with van der Waals surface area (Å²) < 4.78 is 47.3. The Balaban J connectivity index is 1.39. The lowest BCUT2D eigenvalue weighted by Gasteiger charge is -2.48. The summed E-state index contributed by atoms with van der Waals surface area (Å²) in [6.07, 6.45) is -4.75. The average molecular weight is 634 g/mol. The lowest BCUT2D eigenvalue weighted by Crippen LogP contribution is -2.68. The second-order valence-corrected chi connectivity index (χ2v) is 11.8. The predicted octanol–water partition coefficient (Wildman–Crippen LogP) is -2.50. The molecular formula is C26H49N8O10+. The molecule has 12 unspecified atom stereocenters. The van der Waals surface area contributed by atoms with Crippen LogP contribution in [0.15, 0.2) is 5.11 Å². The Morgan fingerprint density at radius 3 is 2.36 bits per heavy atom. The third kappa shape index (κ3) is 8.27. The minimum atomic E-state index is -1.24. The van der Waals surface area contributed by atoms with Crippen molar-refractivity contribution in [2.45, 2.75) is 99.1 Å². The first-order chi connectivity index (χ1) is 21.1. The Morgan fingerprint density at radius 2 is 1.68 bits per heavy atom.